The smallest absolute Gasteiger partial charge is 0.239 e. The van der Waals surface area contributed by atoms with E-state index in [1.54, 1.807) is 0 Å². The second-order valence-electron chi connectivity index (χ2n) is 4.79. The van der Waals surface area contributed by atoms with E-state index < -0.39 is 0 Å². The minimum absolute atomic E-state index is 0.601. The lowest BCUT2D eigenvalue weighted by molar-refractivity contribution is 0.315. The van der Waals surface area contributed by atoms with Crippen molar-refractivity contribution in [3.8, 4) is 0 Å². The number of hydrogen-bond acceptors (Lipinski definition) is 1. The monoisotopic (exact) mass is 203 g/mol. The molecule has 2 heteroatoms. The summed E-state index contributed by atoms with van der Waals surface area (Å²) in [5.41, 5.74) is 2.84. The molecule has 0 unspecified atom stereocenters. The van der Waals surface area contributed by atoms with Gasteiger partial charge in [-0.15, -0.1) is 0 Å². The van der Waals surface area contributed by atoms with Gasteiger partial charge in [0.2, 0.25) is 7.41 Å². The van der Waals surface area contributed by atoms with Gasteiger partial charge in [-0.2, -0.15) is 0 Å². The van der Waals surface area contributed by atoms with Crippen LogP contribution in [0.15, 0.2) is 24.3 Å². The highest BCUT2D eigenvalue weighted by molar-refractivity contribution is 6.51. The molecule has 0 bridgehead atoms. The van der Waals surface area contributed by atoms with Gasteiger partial charge in [0.1, 0.15) is 0 Å². The molecule has 0 radical (unpaired) electrons. The molecule has 1 aromatic carbocycles. The van der Waals surface area contributed by atoms with E-state index in [1.807, 2.05) is 0 Å². The summed E-state index contributed by atoms with van der Waals surface area (Å²) in [6.07, 6.45) is 0. The van der Waals surface area contributed by atoms with Crippen LogP contribution in [0.4, 0.5) is 0 Å². The number of hydrogen-bond donors (Lipinski definition) is 0. The Morgan fingerprint density at radius 3 is 2.00 bits per heavy atom. The third-order valence-electron chi connectivity index (χ3n) is 2.94. The van der Waals surface area contributed by atoms with Crippen LogP contribution in [0.25, 0.3) is 0 Å². The summed E-state index contributed by atoms with van der Waals surface area (Å²) in [7, 11) is 1.06. The molecule has 0 spiro atoms. The predicted molar refractivity (Wildman–Crippen MR) is 70.1 cm³/mol. The first-order chi connectivity index (χ1) is 7.02. The van der Waals surface area contributed by atoms with Crippen LogP contribution in [0.5, 0.6) is 0 Å². The predicted octanol–water partition coefficient (Wildman–Crippen LogP) is 2.09. The standard InChI is InChI=1S/C13H22BN/c1-10(2)15(11(3)4)14-13-9-7-6-8-12(13)5/h6-11,14H,1-5H3. The van der Waals surface area contributed by atoms with Gasteiger partial charge in [0.25, 0.3) is 0 Å². The average Bonchev–Trinajstić information content (AvgIpc) is 2.15. The first-order valence-corrected chi connectivity index (χ1v) is 5.82. The Labute approximate surface area is 94.8 Å². The van der Waals surface area contributed by atoms with Crippen molar-refractivity contribution in [2.75, 3.05) is 0 Å². The van der Waals surface area contributed by atoms with Gasteiger partial charge >= 0.3 is 0 Å². The van der Waals surface area contributed by atoms with Crippen molar-refractivity contribution < 1.29 is 0 Å². The number of nitrogens with zero attached hydrogens (tertiary/aromatic N) is 1. The largest absolute Gasteiger partial charge is 0.337 e. The Kier molecular flexibility index (Phi) is 4.40. The Balaban J connectivity index is 2.79. The molecule has 0 saturated heterocycles. The minimum Gasteiger partial charge on any atom is -0.337 e. The number of aryl methyl sites for hydroxylation is 1. The zero-order chi connectivity index (χ0) is 11.4. The molecule has 1 aromatic rings. The molecule has 0 aliphatic rings. The highest BCUT2D eigenvalue weighted by Crippen LogP contribution is 2.03. The lowest BCUT2D eigenvalue weighted by Crippen LogP contribution is -2.45. The maximum Gasteiger partial charge on any atom is 0.239 e. The number of rotatable bonds is 4. The van der Waals surface area contributed by atoms with Crippen molar-refractivity contribution in [3.05, 3.63) is 29.8 Å². The van der Waals surface area contributed by atoms with Gasteiger partial charge in [-0.1, -0.05) is 63.0 Å². The third-order valence-corrected chi connectivity index (χ3v) is 2.94. The van der Waals surface area contributed by atoms with Crippen LogP contribution >= 0.6 is 0 Å². The molecular formula is C13H22BN. The molecule has 82 valence electrons. The third kappa shape index (κ3) is 3.38. The highest BCUT2D eigenvalue weighted by Gasteiger charge is 2.15. The van der Waals surface area contributed by atoms with E-state index in [4.69, 9.17) is 0 Å². The summed E-state index contributed by atoms with van der Waals surface area (Å²) in [6, 6.07) is 9.85. The van der Waals surface area contributed by atoms with E-state index in [0.29, 0.717) is 12.1 Å². The molecule has 0 heterocycles. The molecule has 0 aliphatic heterocycles. The lowest BCUT2D eigenvalue weighted by Gasteiger charge is -2.30. The van der Waals surface area contributed by atoms with Gasteiger partial charge < -0.3 is 4.81 Å². The summed E-state index contributed by atoms with van der Waals surface area (Å²) in [5.74, 6) is 0. The zero-order valence-electron chi connectivity index (χ0n) is 10.6. The minimum atomic E-state index is 0.601. The maximum absolute atomic E-state index is 2.52. The Hall–Kier alpha value is -0.755. The SMILES string of the molecule is Cc1ccccc1BN(C(C)C)C(C)C. The Morgan fingerprint density at radius 2 is 1.53 bits per heavy atom. The van der Waals surface area contributed by atoms with Gasteiger partial charge in [0, 0.05) is 0 Å². The highest BCUT2D eigenvalue weighted by atomic mass is 15.1. The fourth-order valence-electron chi connectivity index (χ4n) is 1.95. The second kappa shape index (κ2) is 5.36. The van der Waals surface area contributed by atoms with Crippen LogP contribution in [0.1, 0.15) is 33.3 Å². The van der Waals surface area contributed by atoms with E-state index in [0.717, 1.165) is 7.41 Å². The molecule has 0 aliphatic carbocycles. The molecule has 0 saturated carbocycles. The van der Waals surface area contributed by atoms with Crippen LogP contribution in [0, 0.1) is 6.92 Å². The fourth-order valence-corrected chi connectivity index (χ4v) is 1.95. The van der Waals surface area contributed by atoms with E-state index in [1.165, 1.54) is 11.0 Å². The zero-order valence-corrected chi connectivity index (χ0v) is 10.6. The molecule has 0 N–H and O–H groups in total. The summed E-state index contributed by atoms with van der Waals surface area (Å²) in [5, 5.41) is 0. The Bertz CT molecular complexity index is 299. The molecule has 0 amide bonds. The van der Waals surface area contributed by atoms with E-state index >= 15 is 0 Å². The summed E-state index contributed by atoms with van der Waals surface area (Å²) >= 11 is 0. The average molecular weight is 203 g/mol. The quantitative estimate of drug-likeness (QED) is 0.677. The topological polar surface area (TPSA) is 3.24 Å². The van der Waals surface area contributed by atoms with Crippen LogP contribution in [-0.4, -0.2) is 24.3 Å². The molecule has 15 heavy (non-hydrogen) atoms. The second-order valence-corrected chi connectivity index (χ2v) is 4.79. The van der Waals surface area contributed by atoms with Crippen LogP contribution < -0.4 is 5.46 Å². The maximum atomic E-state index is 2.52. The molecule has 0 fully saturated rings. The van der Waals surface area contributed by atoms with Crippen LogP contribution in [-0.2, 0) is 0 Å². The van der Waals surface area contributed by atoms with Gasteiger partial charge in [-0.3, -0.25) is 0 Å². The van der Waals surface area contributed by atoms with E-state index in [-0.39, 0.29) is 0 Å². The summed E-state index contributed by atoms with van der Waals surface area (Å²) < 4.78 is 0. The van der Waals surface area contributed by atoms with Crippen LogP contribution in [0.3, 0.4) is 0 Å². The van der Waals surface area contributed by atoms with Crippen molar-refractivity contribution in [1.82, 2.24) is 4.81 Å². The Morgan fingerprint density at radius 1 is 1.00 bits per heavy atom. The van der Waals surface area contributed by atoms with Gasteiger partial charge in [-0.05, 0) is 19.0 Å². The number of benzene rings is 1. The normalized spacial score (nSPS) is 11.5. The van der Waals surface area contributed by atoms with E-state index in [9.17, 15) is 0 Å². The van der Waals surface area contributed by atoms with Gasteiger partial charge in [0.05, 0.1) is 0 Å². The molecular weight excluding hydrogens is 181 g/mol. The lowest BCUT2D eigenvalue weighted by atomic mass is 9.75. The van der Waals surface area contributed by atoms with Crippen LogP contribution in [0.2, 0.25) is 0 Å². The van der Waals surface area contributed by atoms with Crippen molar-refractivity contribution in [3.63, 3.8) is 0 Å². The molecule has 0 atom stereocenters. The van der Waals surface area contributed by atoms with E-state index in [2.05, 4.69) is 63.7 Å². The fraction of sp³-hybridized carbons (Fsp3) is 0.538. The molecule has 1 nitrogen and oxygen atoms in total. The first-order valence-electron chi connectivity index (χ1n) is 5.82. The molecule has 1 rings (SSSR count). The van der Waals surface area contributed by atoms with Gasteiger partial charge in [0.15, 0.2) is 0 Å². The summed E-state index contributed by atoms with van der Waals surface area (Å²) in [4.78, 5) is 2.52. The van der Waals surface area contributed by atoms with Crippen molar-refractivity contribution in [1.29, 1.82) is 0 Å². The summed E-state index contributed by atoms with van der Waals surface area (Å²) in [6.45, 7) is 11.2. The van der Waals surface area contributed by atoms with Crippen molar-refractivity contribution >= 4 is 12.9 Å². The van der Waals surface area contributed by atoms with Crippen molar-refractivity contribution in [2.24, 2.45) is 0 Å². The molecule has 0 aromatic heterocycles. The van der Waals surface area contributed by atoms with Gasteiger partial charge in [-0.25, -0.2) is 0 Å². The van der Waals surface area contributed by atoms with Crippen molar-refractivity contribution in [2.45, 2.75) is 46.7 Å². The first kappa shape index (κ1) is 12.3.